The Morgan fingerprint density at radius 3 is 2.95 bits per heavy atom. The Morgan fingerprint density at radius 1 is 1.19 bits per heavy atom. The maximum atomic E-state index is 3.65. The van der Waals surface area contributed by atoms with Gasteiger partial charge in [-0.2, -0.15) is 0 Å². The maximum absolute atomic E-state index is 3.65. The van der Waals surface area contributed by atoms with Gasteiger partial charge in [0.25, 0.3) is 0 Å². The minimum absolute atomic E-state index is 1.09. The van der Waals surface area contributed by atoms with Crippen LogP contribution in [0.5, 0.6) is 0 Å². The summed E-state index contributed by atoms with van der Waals surface area (Å²) < 4.78 is 5.29. The number of allylic oxidation sites excluding steroid dienone is 1. The van der Waals surface area contributed by atoms with E-state index in [0.29, 0.717) is 0 Å². The van der Waals surface area contributed by atoms with Crippen molar-refractivity contribution in [3.05, 3.63) is 60.7 Å². The first kappa shape index (κ1) is 12.9. The third kappa shape index (κ3) is 1.92. The van der Waals surface area contributed by atoms with Crippen molar-refractivity contribution >= 4 is 57.3 Å². The molecule has 0 atom stereocenters. The van der Waals surface area contributed by atoms with Crippen LogP contribution < -0.4 is 8.64 Å². The van der Waals surface area contributed by atoms with E-state index < -0.39 is 21.4 Å². The Bertz CT molecular complexity index is 781. The van der Waals surface area contributed by atoms with Crippen molar-refractivity contribution in [2.24, 2.45) is 0 Å². The summed E-state index contributed by atoms with van der Waals surface area (Å²) in [5, 5.41) is 5.85. The molecule has 2 aromatic rings. The molecule has 0 unspecified atom stereocenters. The Hall–Kier alpha value is -0.580. The van der Waals surface area contributed by atoms with Crippen molar-refractivity contribution in [1.82, 2.24) is 5.32 Å². The van der Waals surface area contributed by atoms with E-state index >= 15 is 0 Å². The average molecular weight is 411 g/mol. The predicted molar refractivity (Wildman–Crippen MR) is 95.2 cm³/mol. The topological polar surface area (TPSA) is 12.0 Å². The van der Waals surface area contributed by atoms with Gasteiger partial charge in [-0.1, -0.05) is 0 Å². The van der Waals surface area contributed by atoms with E-state index in [1.54, 1.807) is 26.8 Å². The molecule has 4 heterocycles. The van der Waals surface area contributed by atoms with Crippen molar-refractivity contribution in [2.45, 2.75) is 6.42 Å². The van der Waals surface area contributed by atoms with E-state index in [2.05, 4.69) is 47.1 Å². The van der Waals surface area contributed by atoms with Gasteiger partial charge in [0.2, 0.25) is 0 Å². The van der Waals surface area contributed by atoms with Gasteiger partial charge in [0.05, 0.1) is 0 Å². The monoisotopic (exact) mass is 411 g/mol. The summed E-state index contributed by atoms with van der Waals surface area (Å²) in [4.78, 5) is 1.53. The van der Waals surface area contributed by atoms with Crippen molar-refractivity contribution in [3.8, 4) is 0 Å². The summed E-state index contributed by atoms with van der Waals surface area (Å²) in [6, 6.07) is 11.5. The second-order valence-electron chi connectivity index (χ2n) is 5.78. The van der Waals surface area contributed by atoms with Crippen molar-refractivity contribution < 1.29 is 0 Å². The molecule has 21 heavy (non-hydrogen) atoms. The van der Waals surface area contributed by atoms with Gasteiger partial charge < -0.3 is 0 Å². The molecule has 0 aliphatic carbocycles. The summed E-state index contributed by atoms with van der Waals surface area (Å²) in [5.74, 6) is 2.28. The van der Waals surface area contributed by atoms with Gasteiger partial charge in [-0.15, -0.1) is 0 Å². The number of benzene rings is 1. The molecule has 1 fully saturated rings. The van der Waals surface area contributed by atoms with Gasteiger partial charge >= 0.3 is 141 Å². The van der Waals surface area contributed by atoms with Crippen LogP contribution in [0.2, 0.25) is 0 Å². The minimum atomic E-state index is -1.97. The normalized spacial score (nSPS) is 21.9. The molecule has 1 aromatic carbocycles. The van der Waals surface area contributed by atoms with Crippen LogP contribution in [0.15, 0.2) is 44.7 Å². The summed E-state index contributed by atoms with van der Waals surface area (Å²) in [5.41, 5.74) is 4.69. The van der Waals surface area contributed by atoms with Crippen LogP contribution in [0.1, 0.15) is 16.0 Å². The van der Waals surface area contributed by atoms with Crippen LogP contribution in [-0.4, -0.2) is 33.1 Å². The van der Waals surface area contributed by atoms with Gasteiger partial charge in [0, 0.05) is 0 Å². The zero-order valence-corrected chi connectivity index (χ0v) is 16.5. The first-order valence-corrected chi connectivity index (χ1v) is 14.3. The summed E-state index contributed by atoms with van der Waals surface area (Å²) in [6.07, 6.45) is 3.73. The molecule has 0 radical (unpaired) electrons. The third-order valence-electron chi connectivity index (χ3n) is 4.65. The number of rotatable bonds is 2. The van der Waals surface area contributed by atoms with Crippen LogP contribution in [0, 0.1) is 0 Å². The molecular formula is C17H14InNS2. The molecule has 0 amide bonds. The number of thiophene rings is 1. The Kier molecular flexibility index (Phi) is 3.05. The van der Waals surface area contributed by atoms with Crippen LogP contribution in [0.3, 0.4) is 0 Å². The van der Waals surface area contributed by atoms with E-state index in [-0.39, 0.29) is 0 Å². The quantitative estimate of drug-likeness (QED) is 0.815. The predicted octanol–water partition coefficient (Wildman–Crippen LogP) is 3.19. The third-order valence-corrected chi connectivity index (χ3v) is 16.3. The van der Waals surface area contributed by atoms with E-state index in [1.165, 1.54) is 17.1 Å². The van der Waals surface area contributed by atoms with E-state index in [4.69, 9.17) is 0 Å². The molecule has 4 heteroatoms. The van der Waals surface area contributed by atoms with E-state index in [1.807, 2.05) is 23.1 Å². The molecule has 5 rings (SSSR count). The molecule has 1 nitrogen and oxygen atoms in total. The second-order valence-corrected chi connectivity index (χ2v) is 15.8. The SMILES string of the molecule is C1=[C](Cc2cccs2)[In]2/[C](=C3/CSCN3)c3ccc[c]2c31. The van der Waals surface area contributed by atoms with Crippen molar-refractivity contribution in [2.75, 3.05) is 11.6 Å². The summed E-state index contributed by atoms with van der Waals surface area (Å²) >= 11 is 1.95. The van der Waals surface area contributed by atoms with Crippen molar-refractivity contribution in [1.29, 1.82) is 0 Å². The fraction of sp³-hybridized carbons (Fsp3) is 0.176. The van der Waals surface area contributed by atoms with Gasteiger partial charge in [-0.25, -0.2) is 0 Å². The van der Waals surface area contributed by atoms with Crippen molar-refractivity contribution in [3.63, 3.8) is 0 Å². The van der Waals surface area contributed by atoms with Crippen LogP contribution in [0.4, 0.5) is 0 Å². The number of nitrogens with one attached hydrogen (secondary N) is 1. The molecule has 1 N–H and O–H groups in total. The molecular weight excluding hydrogens is 397 g/mol. The van der Waals surface area contributed by atoms with Gasteiger partial charge in [-0.3, -0.25) is 0 Å². The number of hydrogen-bond donors (Lipinski definition) is 1. The molecule has 1 aromatic heterocycles. The standard InChI is InChI=1S/C17H14NS2.In/c1-2-6-15(11-16-12-19-13-18-16)14(5-1)7-3-8-17-9-4-10-20-17;/h1-2,4,6-7,9-10,18H,8,12-13H2;. The van der Waals surface area contributed by atoms with Gasteiger partial charge in [-0.05, 0) is 0 Å². The number of thioether (sulfide) groups is 1. The molecule has 0 spiro atoms. The van der Waals surface area contributed by atoms with Crippen LogP contribution >= 0.6 is 23.1 Å². The molecule has 1 saturated heterocycles. The average Bonchev–Trinajstić information content (AvgIpc) is 3.24. The van der Waals surface area contributed by atoms with Crippen LogP contribution in [-0.2, 0) is 6.42 Å². The van der Waals surface area contributed by atoms with E-state index in [0.717, 1.165) is 5.88 Å². The summed E-state index contributed by atoms with van der Waals surface area (Å²) in [7, 11) is 0. The van der Waals surface area contributed by atoms with Gasteiger partial charge in [0.15, 0.2) is 0 Å². The van der Waals surface area contributed by atoms with E-state index in [9.17, 15) is 0 Å². The molecule has 3 aliphatic heterocycles. The Labute approximate surface area is 140 Å². The Balaban J connectivity index is 1.62. The fourth-order valence-corrected chi connectivity index (χ4v) is 17.1. The molecule has 4 bridgehead atoms. The number of hydrogen-bond acceptors (Lipinski definition) is 3. The first-order chi connectivity index (χ1) is 10.4. The molecule has 0 saturated carbocycles. The summed E-state index contributed by atoms with van der Waals surface area (Å²) in [6.45, 7) is 0. The van der Waals surface area contributed by atoms with Crippen LogP contribution in [0.25, 0.3) is 9.41 Å². The zero-order chi connectivity index (χ0) is 13.8. The fourth-order valence-electron chi connectivity index (χ4n) is 3.82. The Morgan fingerprint density at radius 2 is 2.19 bits per heavy atom. The zero-order valence-electron chi connectivity index (χ0n) is 11.6. The first-order valence-electron chi connectivity index (χ1n) is 7.32. The second kappa shape index (κ2) is 4.97. The molecule has 3 aliphatic rings. The van der Waals surface area contributed by atoms with Gasteiger partial charge in [0.1, 0.15) is 0 Å². The molecule has 102 valence electrons.